The summed E-state index contributed by atoms with van der Waals surface area (Å²) in [5.74, 6) is 0. The number of nitrogens with zero attached hydrogens (tertiary/aromatic N) is 3. The molecular formula is C12H22N4O2. The lowest BCUT2D eigenvalue weighted by Crippen LogP contribution is -2.43. The van der Waals surface area contributed by atoms with Crippen LogP contribution in [0.3, 0.4) is 0 Å². The molecule has 0 fully saturated rings. The molecule has 102 valence electrons. The Morgan fingerprint density at radius 3 is 2.33 bits per heavy atom. The van der Waals surface area contributed by atoms with Gasteiger partial charge in [0.15, 0.2) is 0 Å². The molecule has 0 atom stereocenters. The molecule has 0 radical (unpaired) electrons. The van der Waals surface area contributed by atoms with E-state index in [0.717, 1.165) is 13.1 Å². The van der Waals surface area contributed by atoms with E-state index < -0.39 is 5.56 Å². The number of hydrogen-bond acceptors (Lipinski definition) is 4. The Balaban J connectivity index is 3.05. The standard InChI is InChI=1S/C12H22N4O2/c1-4-14(5-2)7-8-16-11(17)10(13)9-15(6-3)12(16)18/h9H,4-8,13H2,1-3H3. The Labute approximate surface area is 107 Å². The SMILES string of the molecule is CCN(CC)CCn1c(=O)c(N)cn(CC)c1=O. The fraction of sp³-hybridized carbons (Fsp3) is 0.667. The van der Waals surface area contributed by atoms with Crippen molar-refractivity contribution < 1.29 is 0 Å². The second-order valence-electron chi connectivity index (χ2n) is 4.14. The molecule has 0 spiro atoms. The zero-order valence-corrected chi connectivity index (χ0v) is 11.3. The van der Waals surface area contributed by atoms with Crippen LogP contribution in [0.5, 0.6) is 0 Å². The van der Waals surface area contributed by atoms with Crippen molar-refractivity contribution in [1.29, 1.82) is 0 Å². The third kappa shape index (κ3) is 3.01. The van der Waals surface area contributed by atoms with Crippen molar-refractivity contribution in [3.8, 4) is 0 Å². The lowest BCUT2D eigenvalue weighted by molar-refractivity contribution is 0.286. The van der Waals surface area contributed by atoms with Crippen LogP contribution < -0.4 is 17.0 Å². The van der Waals surface area contributed by atoms with Gasteiger partial charge in [0.2, 0.25) is 0 Å². The molecule has 1 aromatic heterocycles. The Kier molecular flexibility index (Phi) is 5.15. The summed E-state index contributed by atoms with van der Waals surface area (Å²) in [6.07, 6.45) is 1.42. The van der Waals surface area contributed by atoms with Crippen molar-refractivity contribution in [1.82, 2.24) is 14.0 Å². The van der Waals surface area contributed by atoms with E-state index in [-0.39, 0.29) is 11.4 Å². The molecule has 1 rings (SSSR count). The first kappa shape index (κ1) is 14.5. The van der Waals surface area contributed by atoms with Gasteiger partial charge in [-0.05, 0) is 20.0 Å². The summed E-state index contributed by atoms with van der Waals surface area (Å²) >= 11 is 0. The highest BCUT2D eigenvalue weighted by Crippen LogP contribution is 1.92. The monoisotopic (exact) mass is 254 g/mol. The van der Waals surface area contributed by atoms with Crippen molar-refractivity contribution >= 4 is 5.69 Å². The van der Waals surface area contributed by atoms with Crippen LogP contribution in [0.4, 0.5) is 5.69 Å². The number of anilines is 1. The quantitative estimate of drug-likeness (QED) is 0.772. The van der Waals surface area contributed by atoms with Crippen molar-refractivity contribution in [3.63, 3.8) is 0 Å². The first-order valence-electron chi connectivity index (χ1n) is 6.37. The van der Waals surface area contributed by atoms with Gasteiger partial charge in [-0.3, -0.25) is 13.9 Å². The molecule has 6 heteroatoms. The molecule has 1 heterocycles. The highest BCUT2D eigenvalue weighted by atomic mass is 16.2. The largest absolute Gasteiger partial charge is 0.393 e. The lowest BCUT2D eigenvalue weighted by Gasteiger charge is -2.18. The average Bonchev–Trinajstić information content (AvgIpc) is 2.38. The molecule has 0 aliphatic carbocycles. The molecule has 0 aliphatic heterocycles. The minimum absolute atomic E-state index is 0.121. The molecule has 2 N–H and O–H groups in total. The molecule has 0 aliphatic rings. The maximum atomic E-state index is 12.0. The number of nitrogen functional groups attached to an aromatic ring is 1. The van der Waals surface area contributed by atoms with Crippen LogP contribution in [0.1, 0.15) is 20.8 Å². The summed E-state index contributed by atoms with van der Waals surface area (Å²) in [6, 6.07) is 0. The molecule has 0 amide bonds. The highest BCUT2D eigenvalue weighted by molar-refractivity contribution is 5.30. The normalized spacial score (nSPS) is 11.1. The van der Waals surface area contributed by atoms with Gasteiger partial charge in [-0.15, -0.1) is 0 Å². The van der Waals surface area contributed by atoms with Crippen LogP contribution in [0.25, 0.3) is 0 Å². The summed E-state index contributed by atoms with van der Waals surface area (Å²) in [5.41, 5.74) is 5.07. The van der Waals surface area contributed by atoms with Crippen LogP contribution >= 0.6 is 0 Å². The molecule has 1 aromatic rings. The Morgan fingerprint density at radius 2 is 1.83 bits per heavy atom. The topological polar surface area (TPSA) is 73.3 Å². The maximum Gasteiger partial charge on any atom is 0.331 e. The fourth-order valence-electron chi connectivity index (χ4n) is 1.88. The van der Waals surface area contributed by atoms with Gasteiger partial charge in [-0.25, -0.2) is 4.79 Å². The molecular weight excluding hydrogens is 232 g/mol. The van der Waals surface area contributed by atoms with E-state index in [1.807, 2.05) is 6.92 Å². The van der Waals surface area contributed by atoms with Crippen LogP contribution in [-0.4, -0.2) is 33.7 Å². The van der Waals surface area contributed by atoms with Gasteiger partial charge in [-0.2, -0.15) is 0 Å². The highest BCUT2D eigenvalue weighted by Gasteiger charge is 2.09. The van der Waals surface area contributed by atoms with E-state index in [9.17, 15) is 9.59 Å². The predicted octanol–water partition coefficient (Wildman–Crippen LogP) is -0.0461. The van der Waals surface area contributed by atoms with E-state index >= 15 is 0 Å². The summed E-state index contributed by atoms with van der Waals surface area (Å²) in [6.45, 7) is 9.31. The van der Waals surface area contributed by atoms with Crippen LogP contribution in [0.2, 0.25) is 0 Å². The smallest absolute Gasteiger partial charge is 0.331 e. The van der Waals surface area contributed by atoms with E-state index in [1.165, 1.54) is 15.3 Å². The van der Waals surface area contributed by atoms with E-state index in [1.54, 1.807) is 0 Å². The third-order valence-electron chi connectivity index (χ3n) is 3.14. The minimum atomic E-state index is -0.392. The number of rotatable bonds is 6. The van der Waals surface area contributed by atoms with Crippen molar-refractivity contribution in [2.75, 3.05) is 25.4 Å². The van der Waals surface area contributed by atoms with E-state index in [0.29, 0.717) is 19.6 Å². The van der Waals surface area contributed by atoms with Gasteiger partial charge in [-0.1, -0.05) is 13.8 Å². The zero-order chi connectivity index (χ0) is 13.7. The first-order chi connectivity index (χ1) is 8.54. The molecule has 6 nitrogen and oxygen atoms in total. The summed E-state index contributed by atoms with van der Waals surface area (Å²) in [7, 11) is 0. The summed E-state index contributed by atoms with van der Waals surface area (Å²) in [5, 5.41) is 0. The van der Waals surface area contributed by atoms with Crippen LogP contribution in [0, 0.1) is 0 Å². The van der Waals surface area contributed by atoms with E-state index in [4.69, 9.17) is 5.73 Å². The number of likely N-dealkylation sites (N-methyl/N-ethyl adjacent to an activating group) is 1. The Hall–Kier alpha value is -1.56. The van der Waals surface area contributed by atoms with E-state index in [2.05, 4.69) is 18.7 Å². The average molecular weight is 254 g/mol. The summed E-state index contributed by atoms with van der Waals surface area (Å²) in [4.78, 5) is 26.0. The molecule has 0 bridgehead atoms. The molecule has 0 unspecified atom stereocenters. The zero-order valence-electron chi connectivity index (χ0n) is 11.3. The minimum Gasteiger partial charge on any atom is -0.393 e. The van der Waals surface area contributed by atoms with Gasteiger partial charge in [0.05, 0.1) is 0 Å². The molecule has 0 aromatic carbocycles. The van der Waals surface area contributed by atoms with Gasteiger partial charge >= 0.3 is 5.69 Å². The predicted molar refractivity (Wildman–Crippen MR) is 72.8 cm³/mol. The number of nitrogens with two attached hydrogens (primary N) is 1. The van der Waals surface area contributed by atoms with Crippen molar-refractivity contribution in [2.45, 2.75) is 33.9 Å². The Bertz CT molecular complexity index is 500. The van der Waals surface area contributed by atoms with Gasteiger partial charge in [0.25, 0.3) is 5.56 Å². The lowest BCUT2D eigenvalue weighted by atomic mass is 10.4. The molecule has 18 heavy (non-hydrogen) atoms. The van der Waals surface area contributed by atoms with Crippen molar-refractivity contribution in [3.05, 3.63) is 27.0 Å². The van der Waals surface area contributed by atoms with Gasteiger partial charge in [0.1, 0.15) is 5.69 Å². The number of aromatic nitrogens is 2. The third-order valence-corrected chi connectivity index (χ3v) is 3.14. The first-order valence-corrected chi connectivity index (χ1v) is 6.37. The fourth-order valence-corrected chi connectivity index (χ4v) is 1.88. The second-order valence-corrected chi connectivity index (χ2v) is 4.14. The van der Waals surface area contributed by atoms with Gasteiger partial charge < -0.3 is 10.6 Å². The maximum absolute atomic E-state index is 12.0. The van der Waals surface area contributed by atoms with Crippen LogP contribution in [-0.2, 0) is 13.1 Å². The van der Waals surface area contributed by atoms with Crippen molar-refractivity contribution in [2.24, 2.45) is 0 Å². The molecule has 0 saturated carbocycles. The number of hydrogen-bond donors (Lipinski definition) is 1. The Morgan fingerprint density at radius 1 is 1.22 bits per heavy atom. The second kappa shape index (κ2) is 6.39. The summed E-state index contributed by atoms with van der Waals surface area (Å²) < 4.78 is 2.68. The number of aryl methyl sites for hydroxylation is 1. The molecule has 0 saturated heterocycles. The van der Waals surface area contributed by atoms with Crippen LogP contribution in [0.15, 0.2) is 15.8 Å². The van der Waals surface area contributed by atoms with Gasteiger partial charge in [0, 0.05) is 25.8 Å².